The van der Waals surface area contributed by atoms with Gasteiger partial charge in [0.1, 0.15) is 5.58 Å². The molecule has 102 valence electrons. The lowest BCUT2D eigenvalue weighted by Gasteiger charge is -2.20. The Morgan fingerprint density at radius 2 is 2.11 bits per heavy atom. The SMILES string of the molecule is CCCN(CCCN)C(=O)c1cc2ccccc2o1. The highest BCUT2D eigenvalue weighted by Gasteiger charge is 2.18. The topological polar surface area (TPSA) is 59.5 Å². The maximum absolute atomic E-state index is 12.4. The van der Waals surface area contributed by atoms with Gasteiger partial charge in [0.2, 0.25) is 0 Å². The lowest BCUT2D eigenvalue weighted by Crippen LogP contribution is -2.33. The Labute approximate surface area is 113 Å². The van der Waals surface area contributed by atoms with Crippen molar-refractivity contribution in [3.05, 3.63) is 36.1 Å². The summed E-state index contributed by atoms with van der Waals surface area (Å²) in [4.78, 5) is 14.2. The van der Waals surface area contributed by atoms with Crippen molar-refractivity contribution in [2.24, 2.45) is 5.73 Å². The average molecular weight is 260 g/mol. The fourth-order valence-electron chi connectivity index (χ4n) is 2.11. The molecular formula is C15H20N2O2. The number of carbonyl (C=O) groups is 1. The van der Waals surface area contributed by atoms with E-state index in [1.807, 2.05) is 35.2 Å². The van der Waals surface area contributed by atoms with Crippen LogP contribution in [-0.2, 0) is 0 Å². The average Bonchev–Trinajstić information content (AvgIpc) is 2.86. The Kier molecular flexibility index (Phi) is 4.58. The Balaban J connectivity index is 2.19. The molecule has 0 aliphatic carbocycles. The first-order chi connectivity index (χ1) is 9.26. The Hall–Kier alpha value is -1.81. The van der Waals surface area contributed by atoms with E-state index in [1.54, 1.807) is 0 Å². The molecule has 0 aliphatic heterocycles. The van der Waals surface area contributed by atoms with Gasteiger partial charge >= 0.3 is 0 Å². The molecule has 0 saturated carbocycles. The normalized spacial score (nSPS) is 10.8. The molecule has 2 aromatic rings. The number of furan rings is 1. The molecule has 1 heterocycles. The standard InChI is InChI=1S/C15H20N2O2/c1-2-9-17(10-5-8-16)15(18)14-11-12-6-3-4-7-13(12)19-14/h3-4,6-7,11H,2,5,8-10,16H2,1H3. The number of hydrogen-bond donors (Lipinski definition) is 1. The predicted octanol–water partition coefficient (Wildman–Crippen LogP) is 2.63. The molecule has 0 spiro atoms. The maximum Gasteiger partial charge on any atom is 0.289 e. The minimum Gasteiger partial charge on any atom is -0.451 e. The Bertz CT molecular complexity index is 515. The third-order valence-corrected chi connectivity index (χ3v) is 3.05. The van der Waals surface area contributed by atoms with Crippen molar-refractivity contribution in [1.82, 2.24) is 4.90 Å². The van der Waals surface area contributed by atoms with E-state index in [-0.39, 0.29) is 5.91 Å². The molecule has 0 unspecified atom stereocenters. The number of benzene rings is 1. The zero-order valence-corrected chi connectivity index (χ0v) is 11.3. The fraction of sp³-hybridized carbons (Fsp3) is 0.400. The summed E-state index contributed by atoms with van der Waals surface area (Å²) in [6.45, 7) is 4.06. The summed E-state index contributed by atoms with van der Waals surface area (Å²) < 4.78 is 5.61. The summed E-state index contributed by atoms with van der Waals surface area (Å²) in [5.41, 5.74) is 6.26. The molecule has 19 heavy (non-hydrogen) atoms. The van der Waals surface area contributed by atoms with Crippen LogP contribution in [-0.4, -0.2) is 30.4 Å². The minimum absolute atomic E-state index is 0.0495. The van der Waals surface area contributed by atoms with E-state index in [0.29, 0.717) is 18.8 Å². The van der Waals surface area contributed by atoms with Gasteiger partial charge in [-0.05, 0) is 31.5 Å². The molecule has 0 radical (unpaired) electrons. The monoisotopic (exact) mass is 260 g/mol. The first-order valence-corrected chi connectivity index (χ1v) is 6.74. The van der Waals surface area contributed by atoms with Crippen LogP contribution in [0.4, 0.5) is 0 Å². The fourth-order valence-corrected chi connectivity index (χ4v) is 2.11. The van der Waals surface area contributed by atoms with Gasteiger partial charge in [-0.2, -0.15) is 0 Å². The molecule has 0 fully saturated rings. The van der Waals surface area contributed by atoms with Crippen LogP contribution in [0.3, 0.4) is 0 Å². The van der Waals surface area contributed by atoms with Gasteiger partial charge < -0.3 is 15.1 Å². The van der Waals surface area contributed by atoms with Crippen LogP contribution in [0.1, 0.15) is 30.3 Å². The zero-order chi connectivity index (χ0) is 13.7. The molecule has 0 saturated heterocycles. The second-order valence-corrected chi connectivity index (χ2v) is 4.58. The van der Waals surface area contributed by atoms with Gasteiger partial charge in [0.05, 0.1) is 0 Å². The molecule has 1 aromatic carbocycles. The van der Waals surface area contributed by atoms with Crippen LogP contribution in [0.15, 0.2) is 34.7 Å². The minimum atomic E-state index is -0.0495. The Morgan fingerprint density at radius 1 is 1.32 bits per heavy atom. The van der Waals surface area contributed by atoms with E-state index < -0.39 is 0 Å². The van der Waals surface area contributed by atoms with E-state index >= 15 is 0 Å². The molecule has 4 nitrogen and oxygen atoms in total. The first kappa shape index (κ1) is 13.6. The van der Waals surface area contributed by atoms with Crippen molar-refractivity contribution in [2.45, 2.75) is 19.8 Å². The van der Waals surface area contributed by atoms with Gasteiger partial charge in [0.15, 0.2) is 5.76 Å². The number of carbonyl (C=O) groups excluding carboxylic acids is 1. The molecule has 0 bridgehead atoms. The first-order valence-electron chi connectivity index (χ1n) is 6.74. The third kappa shape index (κ3) is 3.15. The number of nitrogens with zero attached hydrogens (tertiary/aromatic N) is 1. The number of fused-ring (bicyclic) bond motifs is 1. The third-order valence-electron chi connectivity index (χ3n) is 3.05. The van der Waals surface area contributed by atoms with Gasteiger partial charge in [0.25, 0.3) is 5.91 Å². The zero-order valence-electron chi connectivity index (χ0n) is 11.3. The van der Waals surface area contributed by atoms with Crippen molar-refractivity contribution in [2.75, 3.05) is 19.6 Å². The van der Waals surface area contributed by atoms with Gasteiger partial charge in [-0.15, -0.1) is 0 Å². The summed E-state index contributed by atoms with van der Waals surface area (Å²) in [6.07, 6.45) is 1.74. The number of rotatable bonds is 6. The van der Waals surface area contributed by atoms with Crippen molar-refractivity contribution in [1.29, 1.82) is 0 Å². The molecule has 1 amide bonds. The predicted molar refractivity (Wildman–Crippen MR) is 76.1 cm³/mol. The van der Waals surface area contributed by atoms with Gasteiger partial charge in [0, 0.05) is 18.5 Å². The summed E-state index contributed by atoms with van der Waals surface area (Å²) in [5.74, 6) is 0.359. The molecule has 2 N–H and O–H groups in total. The van der Waals surface area contributed by atoms with Gasteiger partial charge in [-0.3, -0.25) is 4.79 Å². The summed E-state index contributed by atoms with van der Waals surface area (Å²) in [6, 6.07) is 9.46. The highest BCUT2D eigenvalue weighted by molar-refractivity contribution is 5.96. The summed E-state index contributed by atoms with van der Waals surface area (Å²) in [7, 11) is 0. The van der Waals surface area contributed by atoms with Crippen molar-refractivity contribution < 1.29 is 9.21 Å². The second-order valence-electron chi connectivity index (χ2n) is 4.58. The van der Waals surface area contributed by atoms with E-state index in [4.69, 9.17) is 10.2 Å². The summed E-state index contributed by atoms with van der Waals surface area (Å²) >= 11 is 0. The van der Waals surface area contributed by atoms with Crippen LogP contribution in [0.5, 0.6) is 0 Å². The number of nitrogens with two attached hydrogens (primary N) is 1. The van der Waals surface area contributed by atoms with E-state index in [2.05, 4.69) is 6.92 Å². The van der Waals surface area contributed by atoms with Crippen molar-refractivity contribution >= 4 is 16.9 Å². The molecule has 2 rings (SSSR count). The lowest BCUT2D eigenvalue weighted by molar-refractivity contribution is 0.0725. The molecule has 4 heteroatoms. The van der Waals surface area contributed by atoms with E-state index in [0.717, 1.165) is 30.4 Å². The van der Waals surface area contributed by atoms with Gasteiger partial charge in [-0.1, -0.05) is 25.1 Å². The van der Waals surface area contributed by atoms with Crippen molar-refractivity contribution in [3.63, 3.8) is 0 Å². The van der Waals surface area contributed by atoms with Crippen LogP contribution >= 0.6 is 0 Å². The number of hydrogen-bond acceptors (Lipinski definition) is 3. The highest BCUT2D eigenvalue weighted by atomic mass is 16.3. The van der Waals surface area contributed by atoms with E-state index in [1.165, 1.54) is 0 Å². The van der Waals surface area contributed by atoms with Crippen LogP contribution in [0, 0.1) is 0 Å². The van der Waals surface area contributed by atoms with Crippen LogP contribution in [0.25, 0.3) is 11.0 Å². The smallest absolute Gasteiger partial charge is 0.289 e. The van der Waals surface area contributed by atoms with Crippen LogP contribution in [0.2, 0.25) is 0 Å². The maximum atomic E-state index is 12.4. The second kappa shape index (κ2) is 6.38. The van der Waals surface area contributed by atoms with Crippen LogP contribution < -0.4 is 5.73 Å². The van der Waals surface area contributed by atoms with E-state index in [9.17, 15) is 4.79 Å². The number of amides is 1. The summed E-state index contributed by atoms with van der Waals surface area (Å²) in [5, 5.41) is 0.959. The quantitative estimate of drug-likeness (QED) is 0.868. The molecule has 1 aromatic heterocycles. The lowest BCUT2D eigenvalue weighted by atomic mass is 10.2. The molecular weight excluding hydrogens is 240 g/mol. The number of para-hydroxylation sites is 1. The molecule has 0 atom stereocenters. The Morgan fingerprint density at radius 3 is 2.79 bits per heavy atom. The van der Waals surface area contributed by atoms with Crippen molar-refractivity contribution in [3.8, 4) is 0 Å². The highest BCUT2D eigenvalue weighted by Crippen LogP contribution is 2.20. The van der Waals surface area contributed by atoms with Gasteiger partial charge in [-0.25, -0.2) is 0 Å². The molecule has 0 aliphatic rings. The largest absolute Gasteiger partial charge is 0.451 e.